The second-order valence-corrected chi connectivity index (χ2v) is 9.34. The van der Waals surface area contributed by atoms with Crippen LogP contribution in [0.5, 0.6) is 0 Å². The molecule has 3 heterocycles. The van der Waals surface area contributed by atoms with E-state index in [2.05, 4.69) is 20.6 Å². The normalized spacial score (nSPS) is 21.0. The number of carbonyl (C=O) groups is 2. The van der Waals surface area contributed by atoms with E-state index in [4.69, 9.17) is 0 Å². The number of hydrogen-bond donors (Lipinski definition) is 2. The van der Waals surface area contributed by atoms with Crippen LogP contribution in [-0.2, 0) is 9.59 Å². The van der Waals surface area contributed by atoms with Gasteiger partial charge in [0.25, 0.3) is 0 Å². The Kier molecular flexibility index (Phi) is 5.53. The Labute approximate surface area is 167 Å². The second-order valence-electron chi connectivity index (χ2n) is 8.11. The van der Waals surface area contributed by atoms with Gasteiger partial charge in [-0.15, -0.1) is 16.4 Å². The Hall–Kier alpha value is -2.33. The predicted molar refractivity (Wildman–Crippen MR) is 105 cm³/mol. The molecular formula is C18H26N6O3S. The molecule has 0 aliphatic carbocycles. The van der Waals surface area contributed by atoms with Crippen molar-refractivity contribution in [3.8, 4) is 10.6 Å². The molecule has 1 aliphatic heterocycles. The van der Waals surface area contributed by atoms with Crippen LogP contribution < -0.4 is 5.32 Å². The molecule has 10 heteroatoms. The smallest absolute Gasteiger partial charge is 0.248 e. The summed E-state index contributed by atoms with van der Waals surface area (Å²) < 4.78 is 1.55. The molecule has 2 aromatic rings. The monoisotopic (exact) mass is 406 g/mol. The van der Waals surface area contributed by atoms with Gasteiger partial charge in [0.05, 0.1) is 22.2 Å². The quantitative estimate of drug-likeness (QED) is 0.783. The molecule has 3 atom stereocenters. The third-order valence-corrected chi connectivity index (χ3v) is 5.75. The van der Waals surface area contributed by atoms with E-state index < -0.39 is 23.6 Å². The summed E-state index contributed by atoms with van der Waals surface area (Å²) in [6, 6.07) is -1.36. The van der Waals surface area contributed by atoms with Crippen LogP contribution in [0.2, 0.25) is 0 Å². The average molecular weight is 407 g/mol. The maximum absolute atomic E-state index is 13.5. The fraction of sp³-hybridized carbons (Fsp3) is 0.611. The maximum atomic E-state index is 13.5. The number of aliphatic hydroxyl groups is 1. The first kappa shape index (κ1) is 20.4. The zero-order valence-electron chi connectivity index (χ0n) is 16.7. The summed E-state index contributed by atoms with van der Waals surface area (Å²) in [6.45, 7) is 7.86. The number of carbonyl (C=O) groups excluding carboxylic acids is 2. The number of nitrogens with one attached hydrogen (secondary N) is 1. The van der Waals surface area contributed by atoms with Gasteiger partial charge in [-0.3, -0.25) is 9.59 Å². The van der Waals surface area contributed by atoms with Gasteiger partial charge < -0.3 is 15.3 Å². The van der Waals surface area contributed by atoms with E-state index in [1.807, 2.05) is 27.7 Å². The summed E-state index contributed by atoms with van der Waals surface area (Å²) in [4.78, 5) is 32.2. The number of amides is 2. The molecule has 0 aromatic carbocycles. The van der Waals surface area contributed by atoms with E-state index in [1.165, 1.54) is 23.3 Å². The Morgan fingerprint density at radius 1 is 1.39 bits per heavy atom. The van der Waals surface area contributed by atoms with Crippen LogP contribution >= 0.6 is 11.3 Å². The van der Waals surface area contributed by atoms with Crippen LogP contribution in [0.1, 0.15) is 38.2 Å². The lowest BCUT2D eigenvalue weighted by Gasteiger charge is -2.34. The van der Waals surface area contributed by atoms with Crippen LogP contribution in [0, 0.1) is 12.3 Å². The van der Waals surface area contributed by atoms with Crippen molar-refractivity contribution in [3.05, 3.63) is 17.4 Å². The molecule has 2 N–H and O–H groups in total. The molecule has 2 amide bonds. The van der Waals surface area contributed by atoms with Crippen LogP contribution in [0.15, 0.2) is 12.4 Å². The highest BCUT2D eigenvalue weighted by Gasteiger charge is 2.45. The third-order valence-electron chi connectivity index (χ3n) is 4.81. The van der Waals surface area contributed by atoms with Crippen molar-refractivity contribution in [3.63, 3.8) is 0 Å². The summed E-state index contributed by atoms with van der Waals surface area (Å²) in [5, 5.41) is 22.0. The lowest BCUT2D eigenvalue weighted by atomic mass is 9.85. The third kappa shape index (κ3) is 3.93. The number of nitrogens with zero attached hydrogens (tertiary/aromatic N) is 5. The number of likely N-dealkylation sites (N-methyl/N-ethyl adjacent to an activating group) is 1. The topological polar surface area (TPSA) is 113 Å². The molecule has 0 spiro atoms. The molecule has 1 aliphatic rings. The zero-order valence-corrected chi connectivity index (χ0v) is 17.5. The highest BCUT2D eigenvalue weighted by Crippen LogP contribution is 2.35. The highest BCUT2D eigenvalue weighted by molar-refractivity contribution is 7.15. The lowest BCUT2D eigenvalue weighted by molar-refractivity contribution is -0.144. The molecule has 1 fully saturated rings. The van der Waals surface area contributed by atoms with Gasteiger partial charge in [0.1, 0.15) is 17.8 Å². The predicted octanol–water partition coefficient (Wildman–Crippen LogP) is 1.01. The number of aromatic nitrogens is 4. The molecular weight excluding hydrogens is 380 g/mol. The van der Waals surface area contributed by atoms with Gasteiger partial charge in [-0.1, -0.05) is 26.0 Å². The van der Waals surface area contributed by atoms with Gasteiger partial charge in [-0.2, -0.15) is 0 Å². The van der Waals surface area contributed by atoms with Crippen molar-refractivity contribution in [1.29, 1.82) is 0 Å². The van der Waals surface area contributed by atoms with Gasteiger partial charge in [0, 0.05) is 26.2 Å². The number of aryl methyl sites for hydroxylation is 1. The number of hydrogen-bond acceptors (Lipinski definition) is 7. The van der Waals surface area contributed by atoms with Crippen molar-refractivity contribution in [2.45, 2.75) is 52.3 Å². The summed E-state index contributed by atoms with van der Waals surface area (Å²) >= 11 is 1.51. The van der Waals surface area contributed by atoms with Crippen molar-refractivity contribution < 1.29 is 14.7 Å². The number of thiazole rings is 1. The van der Waals surface area contributed by atoms with Crippen molar-refractivity contribution in [2.24, 2.45) is 5.41 Å². The summed E-state index contributed by atoms with van der Waals surface area (Å²) in [5.74, 6) is -0.536. The van der Waals surface area contributed by atoms with Crippen molar-refractivity contribution >= 4 is 23.2 Å². The SMILES string of the molecule is CNC(=O)[C@H]1CC(O)CN1C(=O)C(n1cc(-c2cnc(C)s2)nn1)C(C)(C)C. The van der Waals surface area contributed by atoms with Crippen molar-refractivity contribution in [1.82, 2.24) is 30.2 Å². The highest BCUT2D eigenvalue weighted by atomic mass is 32.1. The molecule has 0 radical (unpaired) electrons. The van der Waals surface area contributed by atoms with E-state index in [9.17, 15) is 14.7 Å². The average Bonchev–Trinajstić information content (AvgIpc) is 3.32. The zero-order chi connectivity index (χ0) is 20.6. The van der Waals surface area contributed by atoms with Gasteiger partial charge in [0.15, 0.2) is 0 Å². The Morgan fingerprint density at radius 2 is 2.11 bits per heavy atom. The molecule has 0 saturated carbocycles. The van der Waals surface area contributed by atoms with E-state index in [0.717, 1.165) is 9.88 Å². The lowest BCUT2D eigenvalue weighted by Crippen LogP contribution is -2.49. The largest absolute Gasteiger partial charge is 0.391 e. The Morgan fingerprint density at radius 3 is 2.68 bits per heavy atom. The molecule has 152 valence electrons. The molecule has 1 saturated heterocycles. The van der Waals surface area contributed by atoms with Crippen LogP contribution in [0.25, 0.3) is 10.6 Å². The minimum absolute atomic E-state index is 0.124. The van der Waals surface area contributed by atoms with Crippen LogP contribution in [-0.4, -0.2) is 67.5 Å². The first-order valence-corrected chi connectivity index (χ1v) is 9.98. The number of aliphatic hydroxyl groups excluding tert-OH is 1. The van der Waals surface area contributed by atoms with E-state index in [0.29, 0.717) is 5.69 Å². The summed E-state index contributed by atoms with van der Waals surface area (Å²) in [5.41, 5.74) is 0.170. The molecule has 9 nitrogen and oxygen atoms in total. The van der Waals surface area contributed by atoms with E-state index >= 15 is 0 Å². The molecule has 2 aromatic heterocycles. The molecule has 3 rings (SSSR count). The summed E-state index contributed by atoms with van der Waals surface area (Å²) in [7, 11) is 1.53. The molecule has 2 unspecified atom stereocenters. The first-order valence-electron chi connectivity index (χ1n) is 9.16. The fourth-order valence-electron chi connectivity index (χ4n) is 3.51. The minimum Gasteiger partial charge on any atom is -0.391 e. The summed E-state index contributed by atoms with van der Waals surface area (Å²) in [6.07, 6.45) is 2.98. The first-order chi connectivity index (χ1) is 13.1. The number of β-amino-alcohol motifs (C(OH)–C–C–N with tert-alkyl or cyclic N) is 1. The molecule has 0 bridgehead atoms. The van der Waals surface area contributed by atoms with Gasteiger partial charge in [0.2, 0.25) is 11.8 Å². The Balaban J connectivity index is 1.94. The van der Waals surface area contributed by atoms with Crippen LogP contribution in [0.4, 0.5) is 0 Å². The second kappa shape index (κ2) is 7.59. The maximum Gasteiger partial charge on any atom is 0.248 e. The van der Waals surface area contributed by atoms with Gasteiger partial charge in [-0.25, -0.2) is 9.67 Å². The van der Waals surface area contributed by atoms with Gasteiger partial charge >= 0.3 is 0 Å². The standard InChI is InChI=1S/C18H26N6O3S/c1-10-20-7-14(28-10)12-9-24(22-21-12)15(18(2,3)4)17(27)23-8-11(25)6-13(23)16(26)19-5/h7,9,11,13,15,25H,6,8H2,1-5H3,(H,19,26)/t11?,13-,15?/m1/s1. The molecule has 28 heavy (non-hydrogen) atoms. The minimum atomic E-state index is -0.724. The van der Waals surface area contributed by atoms with E-state index in [1.54, 1.807) is 17.1 Å². The van der Waals surface area contributed by atoms with Crippen LogP contribution in [0.3, 0.4) is 0 Å². The van der Waals surface area contributed by atoms with E-state index in [-0.39, 0.29) is 24.8 Å². The number of likely N-dealkylation sites (tertiary alicyclic amines) is 1. The Bertz CT molecular complexity index is 871. The fourth-order valence-corrected chi connectivity index (χ4v) is 4.23. The van der Waals surface area contributed by atoms with Crippen molar-refractivity contribution in [2.75, 3.05) is 13.6 Å². The number of rotatable bonds is 4. The van der Waals surface area contributed by atoms with Gasteiger partial charge in [-0.05, 0) is 12.3 Å².